The van der Waals surface area contributed by atoms with Crippen LogP contribution >= 0.6 is 0 Å². The summed E-state index contributed by atoms with van der Waals surface area (Å²) in [5.41, 5.74) is 4.38. The van der Waals surface area contributed by atoms with Crippen molar-refractivity contribution >= 4 is 11.9 Å². The molecule has 0 bridgehead atoms. The van der Waals surface area contributed by atoms with Gasteiger partial charge in [-0.05, 0) is 49.4 Å². The normalized spacial score (nSPS) is 27.4. The van der Waals surface area contributed by atoms with E-state index in [1.807, 2.05) is 0 Å². The van der Waals surface area contributed by atoms with Crippen molar-refractivity contribution in [1.29, 1.82) is 0 Å². The lowest BCUT2D eigenvalue weighted by Crippen LogP contribution is -2.60. The Balaban J connectivity index is 1.54. The molecule has 3 atom stereocenters. The van der Waals surface area contributed by atoms with Gasteiger partial charge in [0.1, 0.15) is 28.5 Å². The number of rotatable bonds is 5. The first-order chi connectivity index (χ1) is 15.8. The summed E-state index contributed by atoms with van der Waals surface area (Å²) < 4.78 is 53.0. The Hall–Kier alpha value is -3.14. The van der Waals surface area contributed by atoms with Crippen LogP contribution in [0.15, 0.2) is 41.5 Å². The fourth-order valence-corrected chi connectivity index (χ4v) is 4.64. The van der Waals surface area contributed by atoms with Gasteiger partial charge in [0.05, 0.1) is 18.6 Å². The van der Waals surface area contributed by atoms with Crippen molar-refractivity contribution in [1.82, 2.24) is 9.88 Å². The van der Waals surface area contributed by atoms with Crippen molar-refractivity contribution in [3.63, 3.8) is 0 Å². The lowest BCUT2D eigenvalue weighted by atomic mass is 9.72. The topological polar surface area (TPSA) is 90.0 Å². The molecule has 0 radical (unpaired) electrons. The molecule has 2 N–H and O–H groups in total. The van der Waals surface area contributed by atoms with Crippen LogP contribution in [0.4, 0.5) is 13.2 Å². The maximum Gasteiger partial charge on any atom is 0.280 e. The highest BCUT2D eigenvalue weighted by Gasteiger charge is 2.56. The average Bonchev–Trinajstić information content (AvgIpc) is 3.64. The van der Waals surface area contributed by atoms with Crippen LogP contribution in [0.5, 0.6) is 11.5 Å². The Bertz CT molecular complexity index is 1120. The summed E-state index contributed by atoms with van der Waals surface area (Å²) in [6.45, 7) is 0.00424. The molecule has 7 nitrogen and oxygen atoms in total. The van der Waals surface area contributed by atoms with E-state index in [0.29, 0.717) is 12.3 Å². The Morgan fingerprint density at radius 2 is 2.00 bits per heavy atom. The monoisotopic (exact) mass is 460 g/mol. The molecule has 33 heavy (non-hydrogen) atoms. The number of aromatic nitrogens is 1. The van der Waals surface area contributed by atoms with Crippen molar-refractivity contribution in [2.24, 2.45) is 22.6 Å². The van der Waals surface area contributed by atoms with Crippen LogP contribution in [0.1, 0.15) is 36.9 Å². The predicted octanol–water partition coefficient (Wildman–Crippen LogP) is 3.75. The minimum absolute atomic E-state index is 0.00424. The molecule has 174 valence electrons. The highest BCUT2D eigenvalue weighted by molar-refractivity contribution is 6.00. The van der Waals surface area contributed by atoms with E-state index in [-0.39, 0.29) is 41.6 Å². The lowest BCUT2D eigenvalue weighted by Gasteiger charge is -2.47. The smallest absolute Gasteiger partial charge is 0.280 e. The summed E-state index contributed by atoms with van der Waals surface area (Å²) in [6.07, 6.45) is 0.884. The zero-order valence-electron chi connectivity index (χ0n) is 17.9. The largest absolute Gasteiger partial charge is 0.457 e. The lowest BCUT2D eigenvalue weighted by molar-refractivity contribution is -0.146. The van der Waals surface area contributed by atoms with E-state index in [0.717, 1.165) is 18.9 Å². The number of ether oxygens (including phenoxy) is 2. The Morgan fingerprint density at radius 3 is 2.73 bits per heavy atom. The SMILES string of the molecule is CN1C(=O)[C@@H]2C[C@H](C3CC3)OC[C@]2(c2cc(Oc3ccnc(C(F)F)c3)ccc2F)N=C1N. The van der Waals surface area contributed by atoms with Crippen molar-refractivity contribution in [2.45, 2.75) is 37.3 Å². The second-order valence-electron chi connectivity index (χ2n) is 8.73. The van der Waals surface area contributed by atoms with Crippen molar-refractivity contribution in [2.75, 3.05) is 13.7 Å². The second-order valence-corrected chi connectivity index (χ2v) is 8.73. The van der Waals surface area contributed by atoms with Gasteiger partial charge in [0, 0.05) is 24.9 Å². The first kappa shape index (κ1) is 21.7. The van der Waals surface area contributed by atoms with Gasteiger partial charge in [-0.15, -0.1) is 0 Å². The molecule has 10 heteroatoms. The van der Waals surface area contributed by atoms with Crippen molar-refractivity contribution < 1.29 is 27.4 Å². The number of nitrogens with zero attached hydrogens (tertiary/aromatic N) is 3. The molecule has 2 aliphatic heterocycles. The second kappa shape index (κ2) is 8.02. The molecule has 0 unspecified atom stereocenters. The molecule has 2 fully saturated rings. The Morgan fingerprint density at radius 1 is 1.24 bits per heavy atom. The molecule has 5 rings (SSSR count). The van der Waals surface area contributed by atoms with E-state index in [2.05, 4.69) is 9.98 Å². The van der Waals surface area contributed by atoms with E-state index in [1.54, 1.807) is 7.05 Å². The summed E-state index contributed by atoms with van der Waals surface area (Å²) >= 11 is 0. The number of amides is 1. The third kappa shape index (κ3) is 3.82. The number of nitrogens with two attached hydrogens (primary N) is 1. The molecule has 1 amide bonds. The summed E-state index contributed by atoms with van der Waals surface area (Å²) in [6, 6.07) is 6.56. The maximum absolute atomic E-state index is 15.2. The number of carbonyl (C=O) groups excluding carboxylic acids is 1. The van der Waals surface area contributed by atoms with Crippen LogP contribution in [0.2, 0.25) is 0 Å². The maximum atomic E-state index is 15.2. The van der Waals surface area contributed by atoms with E-state index in [9.17, 15) is 13.6 Å². The van der Waals surface area contributed by atoms with Crippen molar-refractivity contribution in [3.05, 3.63) is 53.6 Å². The summed E-state index contributed by atoms with van der Waals surface area (Å²) in [7, 11) is 1.55. The Labute approximate surface area is 188 Å². The van der Waals surface area contributed by atoms with Gasteiger partial charge in [0.25, 0.3) is 6.43 Å². The highest BCUT2D eigenvalue weighted by Crippen LogP contribution is 2.50. The third-order valence-corrected chi connectivity index (χ3v) is 6.61. The number of alkyl halides is 2. The van der Waals surface area contributed by atoms with E-state index in [1.165, 1.54) is 35.4 Å². The number of hydrogen-bond acceptors (Lipinski definition) is 6. The average molecular weight is 460 g/mol. The van der Waals surface area contributed by atoms with Gasteiger partial charge in [-0.2, -0.15) is 0 Å². The zero-order chi connectivity index (χ0) is 23.3. The highest BCUT2D eigenvalue weighted by atomic mass is 19.3. The van der Waals surface area contributed by atoms with Crippen LogP contribution < -0.4 is 10.5 Å². The molecular formula is C23H23F3N4O3. The fraction of sp³-hybridized carbons (Fsp3) is 0.435. The number of carbonyl (C=O) groups is 1. The van der Waals surface area contributed by atoms with Gasteiger partial charge in [-0.25, -0.2) is 18.2 Å². The molecule has 1 aromatic heterocycles. The minimum atomic E-state index is -2.75. The fourth-order valence-electron chi connectivity index (χ4n) is 4.64. The number of aliphatic imine (C=N–C) groups is 1. The van der Waals surface area contributed by atoms with Crippen LogP contribution in [-0.4, -0.2) is 41.5 Å². The summed E-state index contributed by atoms with van der Waals surface area (Å²) in [5, 5.41) is 0. The molecule has 3 aliphatic rings. The molecule has 1 aliphatic carbocycles. The van der Waals surface area contributed by atoms with Gasteiger partial charge in [-0.3, -0.25) is 14.7 Å². The molecule has 1 aromatic carbocycles. The molecule has 1 saturated carbocycles. The number of hydrogen-bond donors (Lipinski definition) is 1. The molecular weight excluding hydrogens is 437 g/mol. The summed E-state index contributed by atoms with van der Waals surface area (Å²) in [5.74, 6) is -0.759. The molecule has 2 aromatic rings. The number of benzene rings is 1. The van der Waals surface area contributed by atoms with Gasteiger partial charge in [-0.1, -0.05) is 0 Å². The third-order valence-electron chi connectivity index (χ3n) is 6.61. The minimum Gasteiger partial charge on any atom is -0.457 e. The predicted molar refractivity (Wildman–Crippen MR) is 112 cm³/mol. The first-order valence-corrected chi connectivity index (χ1v) is 10.7. The quantitative estimate of drug-likeness (QED) is 0.734. The van der Waals surface area contributed by atoms with Gasteiger partial charge < -0.3 is 15.2 Å². The van der Waals surface area contributed by atoms with Crippen LogP contribution in [0.3, 0.4) is 0 Å². The summed E-state index contributed by atoms with van der Waals surface area (Å²) in [4.78, 5) is 22.7. The Kier molecular flexibility index (Phi) is 5.27. The van der Waals surface area contributed by atoms with Crippen LogP contribution in [-0.2, 0) is 15.1 Å². The van der Waals surface area contributed by atoms with Crippen LogP contribution in [0.25, 0.3) is 0 Å². The number of pyridine rings is 1. The molecule has 3 heterocycles. The van der Waals surface area contributed by atoms with Crippen LogP contribution in [0, 0.1) is 17.7 Å². The number of guanidine groups is 1. The first-order valence-electron chi connectivity index (χ1n) is 10.7. The van der Waals surface area contributed by atoms with Gasteiger partial charge >= 0.3 is 0 Å². The standard InChI is InChI=1S/C23H23F3N4O3/c1-30-21(31)16-10-19(12-2-3-12)32-11-23(16,29-22(30)27)15-8-13(4-5-17(15)24)33-14-6-7-28-18(9-14)20(25)26/h4-9,12,16,19-20H,2-3,10-11H2,1H3,(H2,27,29)/t16-,19+,23+/m0/s1. The van der Waals surface area contributed by atoms with Gasteiger partial charge in [0.15, 0.2) is 5.96 Å². The van der Waals surface area contributed by atoms with Crippen molar-refractivity contribution in [3.8, 4) is 11.5 Å². The molecule has 1 saturated heterocycles. The van der Waals surface area contributed by atoms with E-state index >= 15 is 4.39 Å². The van der Waals surface area contributed by atoms with E-state index < -0.39 is 29.4 Å². The number of fused-ring (bicyclic) bond motifs is 1. The zero-order valence-corrected chi connectivity index (χ0v) is 17.9. The van der Waals surface area contributed by atoms with E-state index in [4.69, 9.17) is 15.2 Å². The van der Waals surface area contributed by atoms with Gasteiger partial charge in [0.2, 0.25) is 5.91 Å². The number of halogens is 3. The molecule has 0 spiro atoms.